The van der Waals surface area contributed by atoms with Crippen LogP contribution in [0.5, 0.6) is 0 Å². The molecule has 1 amide bonds. The number of hydrogen-bond donors (Lipinski definition) is 1. The van der Waals surface area contributed by atoms with Gasteiger partial charge >= 0.3 is 0 Å². The predicted octanol–water partition coefficient (Wildman–Crippen LogP) is 2.61. The quantitative estimate of drug-likeness (QED) is 0.912. The van der Waals surface area contributed by atoms with E-state index < -0.39 is 0 Å². The van der Waals surface area contributed by atoms with E-state index in [1.807, 2.05) is 36.1 Å². The minimum Gasteiger partial charge on any atom is -0.333 e. The van der Waals surface area contributed by atoms with Crippen LogP contribution in [-0.4, -0.2) is 30.4 Å². The van der Waals surface area contributed by atoms with Gasteiger partial charge < -0.3 is 10.2 Å². The standard InChI is InChI=1S/C14H19ClN2O/c1-2-5-14(18)17-9-8-16-10-13(17)11-6-3-4-7-12(11)15/h3-4,6-7,13,16H,2,5,8-10H2,1H3. The Morgan fingerprint density at radius 3 is 3.00 bits per heavy atom. The number of nitrogens with one attached hydrogen (secondary N) is 1. The average molecular weight is 267 g/mol. The van der Waals surface area contributed by atoms with Gasteiger partial charge in [0.05, 0.1) is 6.04 Å². The van der Waals surface area contributed by atoms with E-state index in [1.165, 1.54) is 0 Å². The number of carbonyl (C=O) groups is 1. The van der Waals surface area contributed by atoms with Gasteiger partial charge in [-0.3, -0.25) is 4.79 Å². The van der Waals surface area contributed by atoms with Crippen molar-refractivity contribution in [3.05, 3.63) is 34.9 Å². The molecule has 18 heavy (non-hydrogen) atoms. The number of carbonyl (C=O) groups excluding carboxylic acids is 1. The van der Waals surface area contributed by atoms with E-state index in [0.717, 1.165) is 36.6 Å². The van der Waals surface area contributed by atoms with Gasteiger partial charge in [0.2, 0.25) is 5.91 Å². The molecule has 4 heteroatoms. The van der Waals surface area contributed by atoms with Crippen molar-refractivity contribution in [2.24, 2.45) is 0 Å². The molecule has 98 valence electrons. The van der Waals surface area contributed by atoms with Gasteiger partial charge in [-0.25, -0.2) is 0 Å². The van der Waals surface area contributed by atoms with Gasteiger partial charge in [-0.2, -0.15) is 0 Å². The summed E-state index contributed by atoms with van der Waals surface area (Å²) in [5, 5.41) is 4.07. The van der Waals surface area contributed by atoms with Crippen LogP contribution < -0.4 is 5.32 Å². The van der Waals surface area contributed by atoms with Crippen LogP contribution in [0.1, 0.15) is 31.4 Å². The first-order valence-electron chi connectivity index (χ1n) is 6.48. The van der Waals surface area contributed by atoms with E-state index in [1.54, 1.807) is 0 Å². The second-order valence-electron chi connectivity index (χ2n) is 4.58. The summed E-state index contributed by atoms with van der Waals surface area (Å²) < 4.78 is 0. The molecule has 0 radical (unpaired) electrons. The zero-order valence-corrected chi connectivity index (χ0v) is 11.4. The smallest absolute Gasteiger partial charge is 0.223 e. The third kappa shape index (κ3) is 2.85. The average Bonchev–Trinajstić information content (AvgIpc) is 2.40. The van der Waals surface area contributed by atoms with E-state index >= 15 is 0 Å². The Bertz CT molecular complexity index is 422. The molecule has 1 N–H and O–H groups in total. The van der Waals surface area contributed by atoms with Gasteiger partial charge in [0.15, 0.2) is 0 Å². The topological polar surface area (TPSA) is 32.3 Å². The number of amides is 1. The summed E-state index contributed by atoms with van der Waals surface area (Å²) in [5.41, 5.74) is 1.04. The number of piperazine rings is 1. The van der Waals surface area contributed by atoms with Gasteiger partial charge in [-0.05, 0) is 18.1 Å². The van der Waals surface area contributed by atoms with Crippen molar-refractivity contribution < 1.29 is 4.79 Å². The number of halogens is 1. The first-order valence-corrected chi connectivity index (χ1v) is 6.86. The van der Waals surface area contributed by atoms with Crippen LogP contribution >= 0.6 is 11.6 Å². The Kier molecular flexibility index (Phi) is 4.61. The first kappa shape index (κ1) is 13.4. The van der Waals surface area contributed by atoms with Gasteiger partial charge in [0.1, 0.15) is 0 Å². The lowest BCUT2D eigenvalue weighted by Crippen LogP contribution is -2.48. The predicted molar refractivity (Wildman–Crippen MR) is 73.7 cm³/mol. The summed E-state index contributed by atoms with van der Waals surface area (Å²) in [6.07, 6.45) is 1.50. The lowest BCUT2D eigenvalue weighted by Gasteiger charge is -2.37. The lowest BCUT2D eigenvalue weighted by molar-refractivity contribution is -0.134. The minimum absolute atomic E-state index is 0.0616. The molecule has 0 aromatic heterocycles. The highest BCUT2D eigenvalue weighted by atomic mass is 35.5. The molecule has 1 aliphatic rings. The molecule has 0 aliphatic carbocycles. The highest BCUT2D eigenvalue weighted by Gasteiger charge is 2.28. The van der Waals surface area contributed by atoms with Crippen LogP contribution in [0.25, 0.3) is 0 Å². The molecule has 1 heterocycles. The molecular weight excluding hydrogens is 248 g/mol. The molecule has 1 aliphatic heterocycles. The Labute approximate surface area is 113 Å². The summed E-state index contributed by atoms with van der Waals surface area (Å²) in [6.45, 7) is 4.43. The van der Waals surface area contributed by atoms with Crippen molar-refractivity contribution in [1.29, 1.82) is 0 Å². The van der Waals surface area contributed by atoms with Gasteiger partial charge in [0.25, 0.3) is 0 Å². The number of hydrogen-bond acceptors (Lipinski definition) is 2. The molecule has 0 bridgehead atoms. The molecule has 0 saturated carbocycles. The maximum Gasteiger partial charge on any atom is 0.223 e. The van der Waals surface area contributed by atoms with Crippen molar-refractivity contribution in [2.45, 2.75) is 25.8 Å². The Hall–Kier alpha value is -1.06. The van der Waals surface area contributed by atoms with Crippen LogP contribution in [0, 0.1) is 0 Å². The second kappa shape index (κ2) is 6.21. The summed E-state index contributed by atoms with van der Waals surface area (Å²) >= 11 is 6.24. The monoisotopic (exact) mass is 266 g/mol. The van der Waals surface area contributed by atoms with Crippen molar-refractivity contribution in [1.82, 2.24) is 10.2 Å². The lowest BCUT2D eigenvalue weighted by atomic mass is 10.0. The summed E-state index contributed by atoms with van der Waals surface area (Å²) in [4.78, 5) is 14.1. The molecule has 0 spiro atoms. The van der Waals surface area contributed by atoms with Gasteiger partial charge in [-0.1, -0.05) is 36.7 Å². The van der Waals surface area contributed by atoms with Crippen LogP contribution in [0.4, 0.5) is 0 Å². The van der Waals surface area contributed by atoms with Crippen LogP contribution in [0.15, 0.2) is 24.3 Å². The van der Waals surface area contributed by atoms with Crippen LogP contribution in [0.3, 0.4) is 0 Å². The van der Waals surface area contributed by atoms with Crippen molar-refractivity contribution in [2.75, 3.05) is 19.6 Å². The molecule has 2 rings (SSSR count). The largest absolute Gasteiger partial charge is 0.333 e. The normalized spacial score (nSPS) is 19.9. The molecule has 1 saturated heterocycles. The van der Waals surface area contributed by atoms with Gasteiger partial charge in [-0.15, -0.1) is 0 Å². The summed E-state index contributed by atoms with van der Waals surface area (Å²) in [5.74, 6) is 0.226. The molecule has 1 aromatic rings. The highest BCUT2D eigenvalue weighted by Crippen LogP contribution is 2.28. The SMILES string of the molecule is CCCC(=O)N1CCNCC1c1ccccc1Cl. The molecule has 1 fully saturated rings. The number of nitrogens with zero attached hydrogens (tertiary/aromatic N) is 1. The number of benzene rings is 1. The van der Waals surface area contributed by atoms with Crippen molar-refractivity contribution >= 4 is 17.5 Å². The van der Waals surface area contributed by atoms with E-state index in [4.69, 9.17) is 11.6 Å². The highest BCUT2D eigenvalue weighted by molar-refractivity contribution is 6.31. The fraction of sp³-hybridized carbons (Fsp3) is 0.500. The third-order valence-electron chi connectivity index (χ3n) is 3.29. The maximum absolute atomic E-state index is 12.1. The molecule has 3 nitrogen and oxygen atoms in total. The molecular formula is C14H19ClN2O. The third-order valence-corrected chi connectivity index (χ3v) is 3.64. The zero-order valence-electron chi connectivity index (χ0n) is 10.7. The van der Waals surface area contributed by atoms with E-state index in [0.29, 0.717) is 6.42 Å². The Morgan fingerprint density at radius 1 is 1.50 bits per heavy atom. The van der Waals surface area contributed by atoms with Crippen LogP contribution in [0.2, 0.25) is 5.02 Å². The minimum atomic E-state index is 0.0616. The second-order valence-corrected chi connectivity index (χ2v) is 4.99. The van der Waals surface area contributed by atoms with E-state index in [9.17, 15) is 4.79 Å². The Morgan fingerprint density at radius 2 is 2.28 bits per heavy atom. The van der Waals surface area contributed by atoms with E-state index in [2.05, 4.69) is 5.32 Å². The fourth-order valence-electron chi connectivity index (χ4n) is 2.38. The zero-order chi connectivity index (χ0) is 13.0. The molecule has 1 unspecified atom stereocenters. The summed E-state index contributed by atoms with van der Waals surface area (Å²) in [7, 11) is 0. The molecule has 1 aromatic carbocycles. The van der Waals surface area contributed by atoms with Crippen molar-refractivity contribution in [3.8, 4) is 0 Å². The fourth-order valence-corrected chi connectivity index (χ4v) is 2.65. The maximum atomic E-state index is 12.1. The van der Waals surface area contributed by atoms with Crippen LogP contribution in [-0.2, 0) is 4.79 Å². The van der Waals surface area contributed by atoms with Crippen molar-refractivity contribution in [3.63, 3.8) is 0 Å². The van der Waals surface area contributed by atoms with Gasteiger partial charge in [0, 0.05) is 31.1 Å². The summed E-state index contributed by atoms with van der Waals surface area (Å²) in [6, 6.07) is 7.84. The number of rotatable bonds is 3. The van der Waals surface area contributed by atoms with E-state index in [-0.39, 0.29) is 11.9 Å². The first-order chi connectivity index (χ1) is 8.74. The molecule has 1 atom stereocenters. The Balaban J connectivity index is 2.23.